The minimum absolute atomic E-state index is 0.0387. The molecule has 0 amide bonds. The molecule has 9 nitrogen and oxygen atoms in total. The quantitative estimate of drug-likeness (QED) is 0.360. The molecule has 5 rings (SSSR count). The molecule has 0 bridgehead atoms. The minimum atomic E-state index is -1.61. The fourth-order valence-corrected chi connectivity index (χ4v) is 4.54. The van der Waals surface area contributed by atoms with Gasteiger partial charge < -0.3 is 19.8 Å². The zero-order valence-electron chi connectivity index (χ0n) is 22.4. The molecule has 1 fully saturated rings. The molecule has 3 aromatic heterocycles. The summed E-state index contributed by atoms with van der Waals surface area (Å²) in [6, 6.07) is 4.96. The third-order valence-corrected chi connectivity index (χ3v) is 7.38. The maximum Gasteiger partial charge on any atom is 0.167 e. The molecule has 39 heavy (non-hydrogen) atoms. The van der Waals surface area contributed by atoms with Crippen LogP contribution in [-0.4, -0.2) is 59.7 Å². The molecule has 0 radical (unpaired) electrons. The number of aromatic nitrogens is 5. The molecular weight excluding hydrogens is 506 g/mol. The van der Waals surface area contributed by atoms with Crippen LogP contribution in [0.5, 0.6) is 5.75 Å². The number of pyridine rings is 1. The second kappa shape index (κ2) is 10.1. The van der Waals surface area contributed by atoms with Gasteiger partial charge in [-0.15, -0.1) is 0 Å². The summed E-state index contributed by atoms with van der Waals surface area (Å²) in [4.78, 5) is 16.3. The molecule has 0 saturated carbocycles. The topological polar surface area (TPSA) is 109 Å². The molecule has 1 aliphatic heterocycles. The molecule has 1 aliphatic rings. The van der Waals surface area contributed by atoms with Gasteiger partial charge in [-0.1, -0.05) is 0 Å². The summed E-state index contributed by atoms with van der Waals surface area (Å²) in [5, 5.41) is 25.9. The van der Waals surface area contributed by atoms with E-state index in [-0.39, 0.29) is 17.5 Å². The van der Waals surface area contributed by atoms with E-state index in [2.05, 4.69) is 15.0 Å². The number of rotatable bonds is 7. The largest absolute Gasteiger partial charge is 0.487 e. The SMILES string of the molecule is CCn1cc(-c2nc3cc([C@@](C)(O)C(C)(C)O)ncc3nc2N2CCC(Oc3ccc(F)cc3F)CC2)cn1. The first kappa shape index (κ1) is 26.9. The van der Waals surface area contributed by atoms with Crippen LogP contribution in [0.1, 0.15) is 46.2 Å². The molecule has 1 atom stereocenters. The van der Waals surface area contributed by atoms with Gasteiger partial charge in [0, 0.05) is 50.3 Å². The summed E-state index contributed by atoms with van der Waals surface area (Å²) in [6.45, 7) is 8.42. The molecule has 1 saturated heterocycles. The number of nitrogens with zero attached hydrogens (tertiary/aromatic N) is 6. The zero-order valence-corrected chi connectivity index (χ0v) is 22.4. The predicted octanol–water partition coefficient (Wildman–Crippen LogP) is 4.21. The van der Waals surface area contributed by atoms with Crippen LogP contribution in [0.4, 0.5) is 14.6 Å². The average Bonchev–Trinajstić information content (AvgIpc) is 3.38. The standard InChI is InChI=1S/C28H32F2N6O3/c1-5-36-16-17(14-32-36)25-26(34-22-15-31-24(13-21(22)33-25)28(4,38)27(2,3)37)35-10-8-19(9-11-35)39-23-7-6-18(29)12-20(23)30/h6-7,12-16,19,37-38H,5,8-11H2,1-4H3/t28-/m1/s1. The molecule has 4 aromatic rings. The van der Waals surface area contributed by atoms with Crippen LogP contribution in [0.2, 0.25) is 0 Å². The number of halogens is 2. The fourth-order valence-electron chi connectivity index (χ4n) is 4.54. The number of ether oxygens (including phenoxy) is 1. The highest BCUT2D eigenvalue weighted by Crippen LogP contribution is 2.35. The van der Waals surface area contributed by atoms with Crippen molar-refractivity contribution in [3.05, 3.63) is 60.2 Å². The summed E-state index contributed by atoms with van der Waals surface area (Å²) < 4.78 is 35.0. The van der Waals surface area contributed by atoms with Gasteiger partial charge in [-0.3, -0.25) is 9.67 Å². The van der Waals surface area contributed by atoms with Crippen molar-refractivity contribution < 1.29 is 23.7 Å². The van der Waals surface area contributed by atoms with Crippen molar-refractivity contribution in [3.63, 3.8) is 0 Å². The third-order valence-electron chi connectivity index (χ3n) is 7.38. The van der Waals surface area contributed by atoms with E-state index in [9.17, 15) is 19.0 Å². The molecular formula is C28H32F2N6O3. The second-order valence-electron chi connectivity index (χ2n) is 10.5. The van der Waals surface area contributed by atoms with Crippen molar-refractivity contribution >= 4 is 16.9 Å². The number of aliphatic hydroxyl groups is 2. The second-order valence-corrected chi connectivity index (χ2v) is 10.5. The Bertz CT molecular complexity index is 1490. The Hall–Kier alpha value is -3.70. The van der Waals surface area contributed by atoms with Crippen molar-refractivity contribution in [2.45, 2.75) is 64.4 Å². The van der Waals surface area contributed by atoms with Crippen LogP contribution in [0, 0.1) is 11.6 Å². The molecule has 4 heterocycles. The number of anilines is 1. The van der Waals surface area contributed by atoms with E-state index in [0.29, 0.717) is 55.0 Å². The minimum Gasteiger partial charge on any atom is -0.487 e. The van der Waals surface area contributed by atoms with Crippen LogP contribution in [-0.2, 0) is 12.1 Å². The van der Waals surface area contributed by atoms with Crippen molar-refractivity contribution in [3.8, 4) is 17.0 Å². The van der Waals surface area contributed by atoms with E-state index in [0.717, 1.165) is 11.6 Å². The monoisotopic (exact) mass is 538 g/mol. The van der Waals surface area contributed by atoms with Gasteiger partial charge in [-0.05, 0) is 45.9 Å². The fraction of sp³-hybridized carbons (Fsp3) is 0.429. The molecule has 0 aliphatic carbocycles. The lowest BCUT2D eigenvalue weighted by molar-refractivity contribution is -0.127. The molecule has 11 heteroatoms. The maximum atomic E-state index is 14.1. The Morgan fingerprint density at radius 1 is 1.03 bits per heavy atom. The lowest BCUT2D eigenvalue weighted by atomic mass is 9.84. The molecule has 0 spiro atoms. The predicted molar refractivity (Wildman–Crippen MR) is 142 cm³/mol. The van der Waals surface area contributed by atoms with Crippen molar-refractivity contribution in [2.75, 3.05) is 18.0 Å². The van der Waals surface area contributed by atoms with Gasteiger partial charge in [0.25, 0.3) is 0 Å². The van der Waals surface area contributed by atoms with Crippen LogP contribution in [0.15, 0.2) is 42.9 Å². The Kier molecular flexibility index (Phi) is 6.98. The number of hydrogen-bond donors (Lipinski definition) is 2. The van der Waals surface area contributed by atoms with E-state index >= 15 is 0 Å². The van der Waals surface area contributed by atoms with Crippen LogP contribution >= 0.6 is 0 Å². The Balaban J connectivity index is 1.47. The number of benzene rings is 1. The zero-order chi connectivity index (χ0) is 27.9. The first-order valence-corrected chi connectivity index (χ1v) is 13.0. The van der Waals surface area contributed by atoms with Crippen molar-refractivity contribution in [1.29, 1.82) is 0 Å². The van der Waals surface area contributed by atoms with Gasteiger partial charge in [0.15, 0.2) is 17.4 Å². The number of fused-ring (bicyclic) bond motifs is 1. The molecule has 0 unspecified atom stereocenters. The highest BCUT2D eigenvalue weighted by Gasteiger charge is 2.41. The highest BCUT2D eigenvalue weighted by atomic mass is 19.1. The maximum absolute atomic E-state index is 14.1. The van der Waals surface area contributed by atoms with Crippen LogP contribution < -0.4 is 9.64 Å². The van der Waals surface area contributed by atoms with Crippen LogP contribution in [0.3, 0.4) is 0 Å². The first-order valence-electron chi connectivity index (χ1n) is 13.0. The summed E-state index contributed by atoms with van der Waals surface area (Å²) in [6.07, 6.45) is 6.18. The number of aryl methyl sites for hydroxylation is 1. The Morgan fingerprint density at radius 3 is 2.41 bits per heavy atom. The van der Waals surface area contributed by atoms with Crippen molar-refractivity contribution in [2.24, 2.45) is 0 Å². The van der Waals surface area contributed by atoms with E-state index < -0.39 is 22.8 Å². The molecule has 2 N–H and O–H groups in total. The Morgan fingerprint density at radius 2 is 1.77 bits per heavy atom. The molecule has 206 valence electrons. The van der Waals surface area contributed by atoms with Gasteiger partial charge in [0.2, 0.25) is 0 Å². The van der Waals surface area contributed by atoms with Gasteiger partial charge in [-0.25, -0.2) is 18.7 Å². The van der Waals surface area contributed by atoms with E-state index in [1.807, 2.05) is 13.1 Å². The third kappa shape index (κ3) is 5.28. The smallest absolute Gasteiger partial charge is 0.167 e. The van der Waals surface area contributed by atoms with Crippen LogP contribution in [0.25, 0.3) is 22.3 Å². The van der Waals surface area contributed by atoms with Gasteiger partial charge >= 0.3 is 0 Å². The van der Waals surface area contributed by atoms with Gasteiger partial charge in [0.1, 0.15) is 28.7 Å². The first-order chi connectivity index (χ1) is 18.5. The highest BCUT2D eigenvalue weighted by molar-refractivity contribution is 5.83. The van der Waals surface area contributed by atoms with E-state index in [1.54, 1.807) is 23.1 Å². The summed E-state index contributed by atoms with van der Waals surface area (Å²) >= 11 is 0. The number of hydrogen-bond acceptors (Lipinski definition) is 8. The van der Waals surface area contributed by atoms with Gasteiger partial charge in [-0.2, -0.15) is 5.10 Å². The van der Waals surface area contributed by atoms with Crippen molar-refractivity contribution in [1.82, 2.24) is 24.7 Å². The summed E-state index contributed by atoms with van der Waals surface area (Å²) in [5.41, 5.74) is -0.274. The average molecular weight is 539 g/mol. The normalized spacial score (nSPS) is 16.5. The summed E-state index contributed by atoms with van der Waals surface area (Å²) in [5.74, 6) is -0.664. The lowest BCUT2D eigenvalue weighted by Crippen LogP contribution is -2.45. The lowest BCUT2D eigenvalue weighted by Gasteiger charge is -2.35. The van der Waals surface area contributed by atoms with E-state index in [4.69, 9.17) is 14.7 Å². The van der Waals surface area contributed by atoms with Gasteiger partial charge in [0.05, 0.1) is 29.2 Å². The summed E-state index contributed by atoms with van der Waals surface area (Å²) in [7, 11) is 0. The van der Waals surface area contributed by atoms with E-state index in [1.165, 1.54) is 32.9 Å². The number of piperidine rings is 1. The Labute approximate surface area is 225 Å². The molecule has 1 aromatic carbocycles.